The Balaban J connectivity index is 1.65. The summed E-state index contributed by atoms with van der Waals surface area (Å²) in [5.41, 5.74) is 3.56. The van der Waals surface area contributed by atoms with Crippen LogP contribution in [-0.4, -0.2) is 20.5 Å². The number of aryl methyl sites for hydroxylation is 2. The molecule has 0 unspecified atom stereocenters. The molecule has 0 aromatic heterocycles. The quantitative estimate of drug-likeness (QED) is 0.650. The predicted molar refractivity (Wildman–Crippen MR) is 119 cm³/mol. The van der Waals surface area contributed by atoms with Crippen LogP contribution in [0.4, 0.5) is 0 Å². The normalized spacial score (nSPS) is 32.0. The third-order valence-electron chi connectivity index (χ3n) is 8.13. The molecule has 172 valence electrons. The molecule has 31 heavy (non-hydrogen) atoms. The van der Waals surface area contributed by atoms with E-state index in [-0.39, 0.29) is 17.5 Å². The Kier molecular flexibility index (Phi) is 6.12. The smallest absolute Gasteiger partial charge is 0.380 e. The minimum absolute atomic E-state index is 0.0306. The number of ether oxygens (including phenoxy) is 1. The summed E-state index contributed by atoms with van der Waals surface area (Å²) in [4.78, 5) is 11.6. The van der Waals surface area contributed by atoms with Crippen LogP contribution in [0.3, 0.4) is 0 Å². The van der Waals surface area contributed by atoms with Crippen LogP contribution < -0.4 is 9.32 Å². The highest BCUT2D eigenvalue weighted by atomic mass is 32.2. The van der Waals surface area contributed by atoms with E-state index < -0.39 is 10.3 Å². The lowest BCUT2D eigenvalue weighted by atomic mass is 9.55. The molecule has 4 rings (SSSR count). The molecule has 0 bridgehead atoms. The van der Waals surface area contributed by atoms with Gasteiger partial charge in [0.1, 0.15) is 11.9 Å². The fourth-order valence-electron chi connectivity index (χ4n) is 6.76. The monoisotopic (exact) mass is 449 g/mol. The minimum Gasteiger partial charge on any atom is -0.462 e. The average Bonchev–Trinajstić information content (AvgIpc) is 3.00. The summed E-state index contributed by atoms with van der Waals surface area (Å²) in [6.45, 7) is 5.95. The van der Waals surface area contributed by atoms with E-state index in [0.717, 1.165) is 63.4 Å². The van der Waals surface area contributed by atoms with Crippen LogP contribution in [0.2, 0.25) is 0 Å². The van der Waals surface area contributed by atoms with Gasteiger partial charge in [0.05, 0.1) is 0 Å². The lowest BCUT2D eigenvalue weighted by Crippen LogP contribution is -2.45. The van der Waals surface area contributed by atoms with Gasteiger partial charge in [0.25, 0.3) is 0 Å². The number of fused-ring (bicyclic) bond motifs is 5. The summed E-state index contributed by atoms with van der Waals surface area (Å²) in [6.07, 6.45) is 8.99. The zero-order valence-electron chi connectivity index (χ0n) is 18.9. The van der Waals surface area contributed by atoms with Gasteiger partial charge in [-0.2, -0.15) is 13.6 Å². The number of carbonyl (C=O) groups excluding carboxylic acids is 1. The van der Waals surface area contributed by atoms with Crippen molar-refractivity contribution in [2.75, 3.05) is 0 Å². The van der Waals surface area contributed by atoms with Crippen molar-refractivity contribution in [3.63, 3.8) is 0 Å². The first-order valence-electron chi connectivity index (χ1n) is 11.7. The number of esters is 1. The Morgan fingerprint density at radius 1 is 1.23 bits per heavy atom. The average molecular weight is 450 g/mol. The van der Waals surface area contributed by atoms with Crippen molar-refractivity contribution in [1.82, 2.24) is 0 Å². The molecule has 0 radical (unpaired) electrons. The molecule has 0 spiro atoms. The van der Waals surface area contributed by atoms with Crippen LogP contribution >= 0.6 is 0 Å². The molecule has 1 aromatic rings. The summed E-state index contributed by atoms with van der Waals surface area (Å²) in [5.74, 6) is 1.83. The number of hydrogen-bond donors (Lipinski definition) is 1. The van der Waals surface area contributed by atoms with Crippen LogP contribution in [0.15, 0.2) is 12.1 Å². The first-order chi connectivity index (χ1) is 14.6. The minimum atomic E-state index is -4.05. The zero-order valence-corrected chi connectivity index (χ0v) is 19.7. The second-order valence-corrected chi connectivity index (χ2v) is 11.1. The third kappa shape index (κ3) is 4.36. The van der Waals surface area contributed by atoms with E-state index in [0.29, 0.717) is 23.5 Å². The van der Waals surface area contributed by atoms with Crippen molar-refractivity contribution in [2.24, 2.45) is 22.4 Å². The van der Waals surface area contributed by atoms with E-state index >= 15 is 0 Å². The summed E-state index contributed by atoms with van der Waals surface area (Å²) in [5, 5.41) is 5.18. The summed E-state index contributed by atoms with van der Waals surface area (Å²) < 4.78 is 34.1. The van der Waals surface area contributed by atoms with Crippen molar-refractivity contribution >= 4 is 16.3 Å². The Morgan fingerprint density at radius 3 is 2.68 bits per heavy atom. The van der Waals surface area contributed by atoms with Gasteiger partial charge in [0, 0.05) is 12.3 Å². The van der Waals surface area contributed by atoms with Crippen LogP contribution in [-0.2, 0) is 32.7 Å². The third-order valence-corrected chi connectivity index (χ3v) is 8.54. The van der Waals surface area contributed by atoms with Crippen molar-refractivity contribution in [2.45, 2.75) is 90.6 Å². The van der Waals surface area contributed by atoms with Gasteiger partial charge in [-0.3, -0.25) is 4.79 Å². The van der Waals surface area contributed by atoms with Gasteiger partial charge in [-0.25, -0.2) is 0 Å². The second-order valence-electron chi connectivity index (χ2n) is 9.97. The number of unbranched alkanes of at least 4 members (excludes halogenated alkanes) is 1. The van der Waals surface area contributed by atoms with Crippen molar-refractivity contribution < 1.29 is 22.1 Å². The van der Waals surface area contributed by atoms with Gasteiger partial charge in [0.15, 0.2) is 0 Å². The molecule has 0 aliphatic heterocycles. The first kappa shape index (κ1) is 22.6. The van der Waals surface area contributed by atoms with E-state index in [2.05, 4.69) is 19.9 Å². The number of carbonyl (C=O) groups is 1. The van der Waals surface area contributed by atoms with E-state index in [9.17, 15) is 13.2 Å². The van der Waals surface area contributed by atoms with Crippen LogP contribution in [0.25, 0.3) is 0 Å². The highest BCUT2D eigenvalue weighted by Gasteiger charge is 2.56. The van der Waals surface area contributed by atoms with Gasteiger partial charge in [-0.15, -0.1) is 0 Å². The molecule has 3 aliphatic carbocycles. The molecule has 3 aliphatic rings. The maximum absolute atomic E-state index is 11.6. The highest BCUT2D eigenvalue weighted by Crippen LogP contribution is 2.61. The van der Waals surface area contributed by atoms with E-state index in [1.165, 1.54) is 18.1 Å². The lowest BCUT2D eigenvalue weighted by Gasteiger charge is -2.50. The topological polar surface area (TPSA) is 95.7 Å². The Labute approximate surface area is 186 Å². The maximum Gasteiger partial charge on any atom is 0.380 e. The molecule has 0 heterocycles. The summed E-state index contributed by atoms with van der Waals surface area (Å²) in [6, 6.07) is 4.12. The van der Waals surface area contributed by atoms with Gasteiger partial charge in [-0.05, 0) is 91.9 Å². The molecule has 2 fully saturated rings. The molecule has 0 amide bonds. The first-order valence-corrected chi connectivity index (χ1v) is 13.1. The van der Waals surface area contributed by atoms with Gasteiger partial charge < -0.3 is 8.92 Å². The van der Waals surface area contributed by atoms with Crippen molar-refractivity contribution in [3.8, 4) is 5.75 Å². The highest BCUT2D eigenvalue weighted by molar-refractivity contribution is 7.84. The van der Waals surface area contributed by atoms with E-state index in [1.807, 2.05) is 6.07 Å². The van der Waals surface area contributed by atoms with Crippen molar-refractivity contribution in [1.29, 1.82) is 0 Å². The van der Waals surface area contributed by atoms with Crippen LogP contribution in [0.5, 0.6) is 5.75 Å². The number of rotatable bonds is 6. The molecule has 1 aromatic carbocycles. The van der Waals surface area contributed by atoms with E-state index in [4.69, 9.17) is 14.1 Å². The molecule has 2 N–H and O–H groups in total. The molecular weight excluding hydrogens is 414 g/mol. The maximum atomic E-state index is 11.6. The lowest BCUT2D eigenvalue weighted by molar-refractivity contribution is -0.154. The van der Waals surface area contributed by atoms with Gasteiger partial charge in [-0.1, -0.05) is 26.3 Å². The SMILES string of the molecule is CCCCc1cc2c(cc1OS(N)(=O)=O)CC[C@@H]1[C@@H]2CC[C@]2(C)[C@@H](OC(C)=O)CC[C@@H]12. The molecule has 0 saturated heterocycles. The van der Waals surface area contributed by atoms with Crippen molar-refractivity contribution in [3.05, 3.63) is 28.8 Å². The fraction of sp³-hybridized carbons (Fsp3) is 0.708. The van der Waals surface area contributed by atoms with Crippen LogP contribution in [0.1, 0.15) is 88.3 Å². The Bertz CT molecular complexity index is 959. The number of benzene rings is 1. The summed E-state index contributed by atoms with van der Waals surface area (Å²) in [7, 11) is -4.05. The largest absolute Gasteiger partial charge is 0.462 e. The predicted octanol–water partition coefficient (Wildman–Crippen LogP) is 4.40. The standard InChI is InChI=1S/C24H35NO5S/c1-4-5-6-17-13-20-16(14-22(17)30-31(25,27)28)7-8-19-18(20)11-12-24(3)21(19)9-10-23(24)29-15(2)26/h13-14,18-19,21,23H,4-12H2,1-3H3,(H2,25,27,28)/t18-,19+,21-,23-,24-/m0/s1. The second kappa shape index (κ2) is 8.39. The number of nitrogens with two attached hydrogens (primary N) is 1. The Hall–Kier alpha value is -1.60. The molecule has 5 atom stereocenters. The molecule has 2 saturated carbocycles. The van der Waals surface area contributed by atoms with Gasteiger partial charge in [0.2, 0.25) is 0 Å². The molecular formula is C24H35NO5S. The zero-order chi connectivity index (χ0) is 22.4. The Morgan fingerprint density at radius 2 is 2.00 bits per heavy atom. The van der Waals surface area contributed by atoms with E-state index in [1.54, 1.807) is 0 Å². The molecule has 6 nitrogen and oxygen atoms in total. The number of hydrogen-bond acceptors (Lipinski definition) is 5. The molecule has 7 heteroatoms. The van der Waals surface area contributed by atoms with Gasteiger partial charge >= 0.3 is 16.3 Å². The fourth-order valence-corrected chi connectivity index (χ4v) is 7.16. The summed E-state index contributed by atoms with van der Waals surface area (Å²) >= 11 is 0. The van der Waals surface area contributed by atoms with Crippen LogP contribution in [0, 0.1) is 17.3 Å².